The Labute approximate surface area is 181 Å². The molecule has 0 fully saturated rings. The fourth-order valence-corrected chi connectivity index (χ4v) is 3.35. The second kappa shape index (κ2) is 9.89. The fraction of sp³-hybridized carbons (Fsp3) is 0.136. The Morgan fingerprint density at radius 3 is 2.80 bits per heavy atom. The van der Waals surface area contributed by atoms with E-state index < -0.39 is 11.9 Å². The van der Waals surface area contributed by atoms with Gasteiger partial charge in [-0.3, -0.25) is 4.79 Å². The van der Waals surface area contributed by atoms with Gasteiger partial charge < -0.3 is 13.9 Å². The molecule has 1 N–H and O–H groups in total. The molecule has 0 atom stereocenters. The van der Waals surface area contributed by atoms with Crippen LogP contribution in [0.2, 0.25) is 0 Å². The lowest BCUT2D eigenvalue weighted by molar-refractivity contribution is -0.142. The number of nitrogens with zero attached hydrogens (tertiary/aromatic N) is 1. The summed E-state index contributed by atoms with van der Waals surface area (Å²) in [6, 6.07) is 12.6. The Morgan fingerprint density at radius 1 is 1.27 bits per heavy atom. The Morgan fingerprint density at radius 2 is 2.07 bits per heavy atom. The Hall–Kier alpha value is -3.39. The van der Waals surface area contributed by atoms with Gasteiger partial charge in [-0.05, 0) is 57.7 Å². The topological polar surface area (TPSA) is 90.1 Å². The average Bonchev–Trinajstić information content (AvgIpc) is 3.17. The van der Waals surface area contributed by atoms with Gasteiger partial charge in [0.05, 0.1) is 17.8 Å². The van der Waals surface area contributed by atoms with Crippen LogP contribution in [0.25, 0.3) is 11.0 Å². The minimum absolute atomic E-state index is 0.174. The van der Waals surface area contributed by atoms with Gasteiger partial charge in [-0.25, -0.2) is 10.2 Å². The molecule has 1 heterocycles. The number of ether oxygens (including phenoxy) is 2. The number of benzene rings is 2. The zero-order valence-electron chi connectivity index (χ0n) is 16.2. The maximum Gasteiger partial charge on any atom is 0.343 e. The first-order chi connectivity index (χ1) is 14.5. The molecule has 0 saturated heterocycles. The Bertz CT molecular complexity index is 1090. The lowest BCUT2D eigenvalue weighted by atomic mass is 10.1. The van der Waals surface area contributed by atoms with Crippen LogP contribution in [0.4, 0.5) is 0 Å². The molecule has 0 aliphatic rings. The van der Waals surface area contributed by atoms with Gasteiger partial charge in [0, 0.05) is 5.39 Å². The molecule has 154 valence electrons. The fourth-order valence-electron chi connectivity index (χ4n) is 2.72. The van der Waals surface area contributed by atoms with E-state index in [0.717, 1.165) is 10.9 Å². The van der Waals surface area contributed by atoms with Crippen LogP contribution < -0.4 is 10.2 Å². The zero-order chi connectivity index (χ0) is 21.5. The molecular formula is C22H19BrN2O5. The molecular weight excluding hydrogens is 452 g/mol. The van der Waals surface area contributed by atoms with Gasteiger partial charge in [-0.1, -0.05) is 24.3 Å². The number of nitrogens with one attached hydrogen (secondary N) is 1. The van der Waals surface area contributed by atoms with E-state index in [1.807, 2.05) is 24.3 Å². The normalized spacial score (nSPS) is 10.9. The third-order valence-electron chi connectivity index (χ3n) is 4.10. The molecule has 7 nitrogen and oxygen atoms in total. The second-order valence-corrected chi connectivity index (χ2v) is 7.05. The van der Waals surface area contributed by atoms with Gasteiger partial charge in [0.1, 0.15) is 11.3 Å². The number of carbonyl (C=O) groups is 2. The quantitative estimate of drug-likeness (QED) is 0.230. The molecule has 0 unspecified atom stereocenters. The predicted molar refractivity (Wildman–Crippen MR) is 117 cm³/mol. The van der Waals surface area contributed by atoms with Gasteiger partial charge in [-0.15, -0.1) is 6.58 Å². The molecule has 2 aromatic carbocycles. The number of rotatable bonds is 8. The summed E-state index contributed by atoms with van der Waals surface area (Å²) in [6.07, 6.45) is 3.74. The molecule has 0 aliphatic carbocycles. The largest absolute Gasteiger partial charge is 0.480 e. The highest BCUT2D eigenvalue weighted by atomic mass is 79.9. The summed E-state index contributed by atoms with van der Waals surface area (Å²) in [6.45, 7) is 3.53. The summed E-state index contributed by atoms with van der Waals surface area (Å²) < 4.78 is 16.3. The molecule has 3 rings (SSSR count). The number of furan rings is 1. The molecule has 3 aromatic rings. The minimum Gasteiger partial charge on any atom is -0.480 e. The van der Waals surface area contributed by atoms with Gasteiger partial charge >= 0.3 is 11.9 Å². The summed E-state index contributed by atoms with van der Waals surface area (Å²) in [5.74, 6) is -0.242. The van der Waals surface area contributed by atoms with Crippen molar-refractivity contribution in [3.05, 3.63) is 76.5 Å². The van der Waals surface area contributed by atoms with Crippen molar-refractivity contribution in [3.8, 4) is 5.75 Å². The molecule has 0 spiro atoms. The number of carbonyl (C=O) groups excluding carboxylic acids is 2. The first kappa shape index (κ1) is 21.3. The summed E-state index contributed by atoms with van der Waals surface area (Å²) in [5.41, 5.74) is 4.60. The van der Waals surface area contributed by atoms with Crippen LogP contribution in [0, 0.1) is 0 Å². The number of hydrogen-bond acceptors (Lipinski definition) is 6. The number of hydrazone groups is 1. The maximum absolute atomic E-state index is 12.3. The summed E-state index contributed by atoms with van der Waals surface area (Å²) in [5, 5.41) is 4.84. The maximum atomic E-state index is 12.3. The summed E-state index contributed by atoms with van der Waals surface area (Å²) in [4.78, 5) is 23.6. The van der Waals surface area contributed by atoms with Gasteiger partial charge in [0.15, 0.2) is 12.4 Å². The summed E-state index contributed by atoms with van der Waals surface area (Å²) in [7, 11) is 1.30. The van der Waals surface area contributed by atoms with Crippen LogP contribution in [-0.2, 0) is 16.0 Å². The number of halogens is 1. The SMILES string of the molecule is C=CCc1cc(/C=N/NC(=O)c2cc3ccccc3o2)cc(Br)c1OCC(=O)OC. The van der Waals surface area contributed by atoms with E-state index in [9.17, 15) is 9.59 Å². The molecule has 30 heavy (non-hydrogen) atoms. The molecule has 8 heteroatoms. The highest BCUT2D eigenvalue weighted by molar-refractivity contribution is 9.10. The van der Waals surface area contributed by atoms with Crippen molar-refractivity contribution in [2.45, 2.75) is 6.42 Å². The number of methoxy groups -OCH3 is 1. The number of para-hydroxylation sites is 1. The van der Waals surface area contributed by atoms with Crippen molar-refractivity contribution in [2.75, 3.05) is 13.7 Å². The molecule has 1 amide bonds. The van der Waals surface area contributed by atoms with Crippen LogP contribution >= 0.6 is 15.9 Å². The number of esters is 1. The van der Waals surface area contributed by atoms with Crippen LogP contribution in [0.3, 0.4) is 0 Å². The monoisotopic (exact) mass is 470 g/mol. The molecule has 0 bridgehead atoms. The van der Waals surface area contributed by atoms with Crippen LogP contribution in [0.1, 0.15) is 21.7 Å². The lowest BCUT2D eigenvalue weighted by Gasteiger charge is -2.13. The Balaban J connectivity index is 1.73. The van der Waals surface area contributed by atoms with E-state index >= 15 is 0 Å². The highest BCUT2D eigenvalue weighted by Crippen LogP contribution is 2.31. The van der Waals surface area contributed by atoms with Crippen molar-refractivity contribution < 1.29 is 23.5 Å². The third-order valence-corrected chi connectivity index (χ3v) is 4.69. The highest BCUT2D eigenvalue weighted by Gasteiger charge is 2.13. The standard InChI is InChI=1S/C22H19BrN2O5/c1-3-6-16-9-14(10-17(23)21(16)29-13-20(26)28-2)12-24-25-22(27)19-11-15-7-4-5-8-18(15)30-19/h3-5,7-12H,1,6,13H2,2H3,(H,25,27)/b24-12+. The van der Waals surface area contributed by atoms with E-state index in [1.165, 1.54) is 13.3 Å². The number of fused-ring (bicyclic) bond motifs is 1. The minimum atomic E-state index is -0.481. The van der Waals surface area contributed by atoms with E-state index in [1.54, 1.807) is 24.3 Å². The third kappa shape index (κ3) is 5.15. The number of allylic oxidation sites excluding steroid dienone is 1. The number of amides is 1. The van der Waals surface area contributed by atoms with Gasteiger partial charge in [0.2, 0.25) is 0 Å². The van der Waals surface area contributed by atoms with E-state index in [0.29, 0.717) is 27.8 Å². The van der Waals surface area contributed by atoms with Crippen molar-refractivity contribution in [1.29, 1.82) is 0 Å². The first-order valence-electron chi connectivity index (χ1n) is 8.96. The summed E-state index contributed by atoms with van der Waals surface area (Å²) >= 11 is 3.44. The van der Waals surface area contributed by atoms with Crippen molar-refractivity contribution in [1.82, 2.24) is 5.43 Å². The van der Waals surface area contributed by atoms with Crippen LogP contribution in [0.15, 0.2) is 69.1 Å². The predicted octanol–water partition coefficient (Wildman–Crippen LogP) is 4.24. The van der Waals surface area contributed by atoms with Gasteiger partial charge in [-0.2, -0.15) is 5.10 Å². The van der Waals surface area contributed by atoms with E-state index in [-0.39, 0.29) is 12.4 Å². The van der Waals surface area contributed by atoms with E-state index in [2.05, 4.69) is 37.8 Å². The van der Waals surface area contributed by atoms with Crippen LogP contribution in [-0.4, -0.2) is 31.8 Å². The zero-order valence-corrected chi connectivity index (χ0v) is 17.8. The number of hydrogen-bond donors (Lipinski definition) is 1. The van der Waals surface area contributed by atoms with Crippen molar-refractivity contribution in [2.24, 2.45) is 5.10 Å². The molecule has 0 saturated carbocycles. The molecule has 1 aromatic heterocycles. The lowest BCUT2D eigenvalue weighted by Crippen LogP contribution is -2.16. The van der Waals surface area contributed by atoms with Crippen molar-refractivity contribution >= 4 is 45.0 Å². The Kier molecular flexibility index (Phi) is 7.03. The molecule has 0 aliphatic heterocycles. The van der Waals surface area contributed by atoms with Gasteiger partial charge in [0.25, 0.3) is 0 Å². The first-order valence-corrected chi connectivity index (χ1v) is 9.76. The average molecular weight is 471 g/mol. The second-order valence-electron chi connectivity index (χ2n) is 6.20. The van der Waals surface area contributed by atoms with E-state index in [4.69, 9.17) is 9.15 Å². The van der Waals surface area contributed by atoms with Crippen molar-refractivity contribution in [3.63, 3.8) is 0 Å². The molecule has 0 radical (unpaired) electrons. The smallest absolute Gasteiger partial charge is 0.343 e. The van der Waals surface area contributed by atoms with Crippen LogP contribution in [0.5, 0.6) is 5.75 Å².